The van der Waals surface area contributed by atoms with E-state index in [9.17, 15) is 9.59 Å². The number of carbonyl (C=O) groups excluding carboxylic acids is 2. The molecule has 4 rings (SSSR count). The van der Waals surface area contributed by atoms with Crippen LogP contribution >= 0.6 is 0 Å². The number of carbonyl (C=O) groups is 2. The lowest BCUT2D eigenvalue weighted by Crippen LogP contribution is -2.45. The van der Waals surface area contributed by atoms with Crippen molar-refractivity contribution >= 4 is 22.8 Å². The summed E-state index contributed by atoms with van der Waals surface area (Å²) in [6.07, 6.45) is 0.848. The highest BCUT2D eigenvalue weighted by molar-refractivity contribution is 5.89. The normalized spacial score (nSPS) is 11.9. The smallest absolute Gasteiger partial charge is 0.247 e. The summed E-state index contributed by atoms with van der Waals surface area (Å²) in [4.78, 5) is 29.4. The number of ether oxygens (including phenoxy) is 1. The van der Waals surface area contributed by atoms with Crippen LogP contribution in [0.5, 0.6) is 5.75 Å². The van der Waals surface area contributed by atoms with Gasteiger partial charge in [-0.05, 0) is 54.7 Å². The Bertz CT molecular complexity index is 1380. The standard InChI is InChI=1S/C30H35N5O3/c1-21(2)16-17-31-30(37)29(24-14-12-22(3)13-15-24)34(19-23-8-7-9-25(18-23)38-4)28(36)20-35-27-11-6-5-10-26(27)32-33-35/h5-15,18,21,29H,16-17,19-20H2,1-4H3,(H,31,37)/t29-/m0/s1. The van der Waals surface area contributed by atoms with Gasteiger partial charge in [-0.2, -0.15) is 0 Å². The third-order valence-corrected chi connectivity index (χ3v) is 6.49. The molecule has 0 spiro atoms. The summed E-state index contributed by atoms with van der Waals surface area (Å²) < 4.78 is 6.99. The third kappa shape index (κ3) is 6.56. The van der Waals surface area contributed by atoms with Gasteiger partial charge in [-0.3, -0.25) is 9.59 Å². The highest BCUT2D eigenvalue weighted by atomic mass is 16.5. The van der Waals surface area contributed by atoms with E-state index in [0.717, 1.165) is 28.6 Å². The number of hydrogen-bond donors (Lipinski definition) is 1. The van der Waals surface area contributed by atoms with Gasteiger partial charge in [-0.1, -0.05) is 73.2 Å². The van der Waals surface area contributed by atoms with Gasteiger partial charge in [0.05, 0.1) is 12.6 Å². The van der Waals surface area contributed by atoms with Crippen molar-refractivity contribution in [1.82, 2.24) is 25.2 Å². The summed E-state index contributed by atoms with van der Waals surface area (Å²) in [6, 6.07) is 22.0. The van der Waals surface area contributed by atoms with Crippen LogP contribution in [0.15, 0.2) is 72.8 Å². The summed E-state index contributed by atoms with van der Waals surface area (Å²) in [7, 11) is 1.61. The molecule has 8 heteroatoms. The second-order valence-electron chi connectivity index (χ2n) is 9.90. The van der Waals surface area contributed by atoms with Crippen molar-refractivity contribution in [2.24, 2.45) is 5.92 Å². The zero-order valence-electron chi connectivity index (χ0n) is 22.4. The Morgan fingerprint density at radius 2 is 1.79 bits per heavy atom. The minimum absolute atomic E-state index is 0.0495. The molecule has 4 aromatic rings. The van der Waals surface area contributed by atoms with Crippen LogP contribution in [0, 0.1) is 12.8 Å². The van der Waals surface area contributed by atoms with Gasteiger partial charge in [0.1, 0.15) is 23.9 Å². The highest BCUT2D eigenvalue weighted by Crippen LogP contribution is 2.26. The van der Waals surface area contributed by atoms with Gasteiger partial charge in [0, 0.05) is 13.1 Å². The minimum Gasteiger partial charge on any atom is -0.497 e. The molecular formula is C30H35N5O3. The van der Waals surface area contributed by atoms with E-state index in [4.69, 9.17) is 4.74 Å². The van der Waals surface area contributed by atoms with Crippen LogP contribution < -0.4 is 10.1 Å². The van der Waals surface area contributed by atoms with Crippen molar-refractivity contribution < 1.29 is 14.3 Å². The summed E-state index contributed by atoms with van der Waals surface area (Å²) in [6.45, 7) is 6.94. The number of aryl methyl sites for hydroxylation is 1. The predicted octanol–water partition coefficient (Wildman–Crippen LogP) is 4.68. The Kier molecular flexibility index (Phi) is 8.73. The lowest BCUT2D eigenvalue weighted by atomic mass is 10.0. The van der Waals surface area contributed by atoms with Crippen LogP contribution in [-0.4, -0.2) is 45.4 Å². The molecule has 0 radical (unpaired) electrons. The van der Waals surface area contributed by atoms with Gasteiger partial charge in [0.2, 0.25) is 11.8 Å². The molecule has 0 saturated carbocycles. The second kappa shape index (κ2) is 12.4. The SMILES string of the molecule is COc1cccc(CN(C(=O)Cn2nnc3ccccc32)[C@H](C(=O)NCCC(C)C)c2ccc(C)cc2)c1. The Morgan fingerprint density at radius 1 is 1.03 bits per heavy atom. The van der Waals surface area contributed by atoms with E-state index in [1.165, 1.54) is 0 Å². The number of methoxy groups -OCH3 is 1. The van der Waals surface area contributed by atoms with Crippen LogP contribution in [0.25, 0.3) is 11.0 Å². The van der Waals surface area contributed by atoms with Crippen LogP contribution in [0.4, 0.5) is 0 Å². The Morgan fingerprint density at radius 3 is 2.53 bits per heavy atom. The van der Waals surface area contributed by atoms with Gasteiger partial charge in [0.15, 0.2) is 0 Å². The topological polar surface area (TPSA) is 89.3 Å². The second-order valence-corrected chi connectivity index (χ2v) is 9.90. The number of hydrogen-bond acceptors (Lipinski definition) is 5. The van der Waals surface area contributed by atoms with Crippen LogP contribution in [0.1, 0.15) is 43.0 Å². The summed E-state index contributed by atoms with van der Waals surface area (Å²) in [5.41, 5.74) is 4.15. The molecular weight excluding hydrogens is 478 g/mol. The number of rotatable bonds is 11. The lowest BCUT2D eigenvalue weighted by Gasteiger charge is -2.32. The first-order chi connectivity index (χ1) is 18.4. The minimum atomic E-state index is -0.823. The van der Waals surface area contributed by atoms with Crippen molar-refractivity contribution in [1.29, 1.82) is 0 Å². The van der Waals surface area contributed by atoms with Gasteiger partial charge in [-0.15, -0.1) is 5.10 Å². The predicted molar refractivity (Wildman–Crippen MR) is 147 cm³/mol. The molecule has 0 saturated heterocycles. The van der Waals surface area contributed by atoms with E-state index >= 15 is 0 Å². The molecule has 1 heterocycles. The Balaban J connectivity index is 1.72. The first-order valence-electron chi connectivity index (χ1n) is 12.9. The molecule has 0 fully saturated rings. The van der Waals surface area contributed by atoms with Crippen molar-refractivity contribution in [3.8, 4) is 5.75 Å². The molecule has 1 N–H and O–H groups in total. The molecule has 38 heavy (non-hydrogen) atoms. The first-order valence-corrected chi connectivity index (χ1v) is 12.9. The number of fused-ring (bicyclic) bond motifs is 1. The number of nitrogens with zero attached hydrogens (tertiary/aromatic N) is 4. The Hall–Kier alpha value is -4.20. The average Bonchev–Trinajstić information content (AvgIpc) is 3.32. The molecule has 0 aliphatic rings. The van der Waals surface area contributed by atoms with Gasteiger partial charge in [0.25, 0.3) is 0 Å². The van der Waals surface area contributed by atoms with E-state index < -0.39 is 6.04 Å². The zero-order valence-corrected chi connectivity index (χ0v) is 22.4. The lowest BCUT2D eigenvalue weighted by molar-refractivity contribution is -0.142. The quantitative estimate of drug-likeness (QED) is 0.315. The first kappa shape index (κ1) is 26.9. The molecule has 198 valence electrons. The molecule has 0 aliphatic carbocycles. The van der Waals surface area contributed by atoms with Gasteiger partial charge >= 0.3 is 0 Å². The molecule has 1 aromatic heterocycles. The summed E-state index contributed by atoms with van der Waals surface area (Å²) >= 11 is 0. The maximum Gasteiger partial charge on any atom is 0.247 e. The number of amides is 2. The van der Waals surface area contributed by atoms with Gasteiger partial charge < -0.3 is 15.0 Å². The largest absolute Gasteiger partial charge is 0.497 e. The van der Waals surface area contributed by atoms with E-state index in [-0.39, 0.29) is 24.9 Å². The van der Waals surface area contributed by atoms with Gasteiger partial charge in [-0.25, -0.2) is 4.68 Å². The fraction of sp³-hybridized carbons (Fsp3) is 0.333. The average molecular weight is 514 g/mol. The zero-order chi connectivity index (χ0) is 27.1. The molecule has 0 aliphatic heterocycles. The summed E-state index contributed by atoms with van der Waals surface area (Å²) in [5, 5.41) is 11.5. The van der Waals surface area contributed by atoms with E-state index in [1.54, 1.807) is 16.7 Å². The van der Waals surface area contributed by atoms with Crippen molar-refractivity contribution in [2.45, 2.75) is 46.3 Å². The van der Waals surface area contributed by atoms with E-state index in [1.807, 2.05) is 79.7 Å². The van der Waals surface area contributed by atoms with Crippen molar-refractivity contribution in [3.05, 3.63) is 89.5 Å². The fourth-order valence-electron chi connectivity index (χ4n) is 4.35. The van der Waals surface area contributed by atoms with Crippen LogP contribution in [0.2, 0.25) is 0 Å². The molecule has 2 amide bonds. The van der Waals surface area contributed by atoms with E-state index in [0.29, 0.717) is 23.7 Å². The number of para-hydroxylation sites is 1. The molecule has 0 bridgehead atoms. The molecule has 0 unspecified atom stereocenters. The van der Waals surface area contributed by atoms with Crippen molar-refractivity contribution in [3.63, 3.8) is 0 Å². The maximum absolute atomic E-state index is 14.0. The Labute approximate surface area is 223 Å². The number of aromatic nitrogens is 3. The van der Waals surface area contributed by atoms with Crippen molar-refractivity contribution in [2.75, 3.05) is 13.7 Å². The number of nitrogens with one attached hydrogen (secondary N) is 1. The number of benzene rings is 3. The third-order valence-electron chi connectivity index (χ3n) is 6.49. The van der Waals surface area contributed by atoms with Crippen LogP contribution in [0.3, 0.4) is 0 Å². The van der Waals surface area contributed by atoms with Crippen LogP contribution in [-0.2, 0) is 22.7 Å². The molecule has 8 nitrogen and oxygen atoms in total. The molecule has 1 atom stereocenters. The summed E-state index contributed by atoms with van der Waals surface area (Å²) in [5.74, 6) is 0.677. The highest BCUT2D eigenvalue weighted by Gasteiger charge is 2.32. The van der Waals surface area contributed by atoms with E-state index in [2.05, 4.69) is 29.5 Å². The fourth-order valence-corrected chi connectivity index (χ4v) is 4.35. The molecule has 3 aromatic carbocycles. The monoisotopic (exact) mass is 513 g/mol. The maximum atomic E-state index is 14.0.